The van der Waals surface area contributed by atoms with E-state index < -0.39 is 5.97 Å². The topological polar surface area (TPSA) is 97.9 Å². The second-order valence-electron chi connectivity index (χ2n) is 7.67. The van der Waals surface area contributed by atoms with Crippen LogP contribution in [0.5, 0.6) is 0 Å². The maximum Gasteiger partial charge on any atom is 0.345 e. The van der Waals surface area contributed by atoms with Crippen LogP contribution in [0.4, 0.5) is 0 Å². The number of hydrogen-bond acceptors (Lipinski definition) is 8. The number of piperidine rings is 1. The van der Waals surface area contributed by atoms with Crippen molar-refractivity contribution >= 4 is 17.3 Å². The Morgan fingerprint density at radius 2 is 2.21 bits per heavy atom. The van der Waals surface area contributed by atoms with E-state index in [2.05, 4.69) is 15.0 Å². The van der Waals surface area contributed by atoms with Gasteiger partial charge in [0.2, 0.25) is 0 Å². The van der Waals surface area contributed by atoms with E-state index in [-0.39, 0.29) is 11.7 Å². The van der Waals surface area contributed by atoms with Crippen LogP contribution in [-0.4, -0.2) is 52.4 Å². The number of carboxylic acid groups (broad SMARTS) is 1. The number of carboxylic acids is 1. The second-order valence-corrected chi connectivity index (χ2v) is 8.81. The number of aromatic nitrogens is 2. The number of nitrogens with zero attached hydrogens (tertiary/aromatic N) is 3. The summed E-state index contributed by atoms with van der Waals surface area (Å²) in [6.07, 6.45) is 4.39. The Morgan fingerprint density at radius 3 is 2.96 bits per heavy atom. The average Bonchev–Trinajstić information content (AvgIpc) is 3.44. The molecule has 0 amide bonds. The summed E-state index contributed by atoms with van der Waals surface area (Å²) in [5.74, 6) is 0.419. The van der Waals surface area contributed by atoms with Gasteiger partial charge < -0.3 is 19.1 Å². The lowest BCUT2D eigenvalue weighted by molar-refractivity contribution is -0.0983. The minimum Gasteiger partial charge on any atom is -0.477 e. The summed E-state index contributed by atoms with van der Waals surface area (Å²) < 4.78 is 17.2. The maximum atomic E-state index is 11.4. The molecular formula is C19H23N3O5S. The largest absolute Gasteiger partial charge is 0.477 e. The van der Waals surface area contributed by atoms with Crippen molar-refractivity contribution in [1.29, 1.82) is 0 Å². The van der Waals surface area contributed by atoms with E-state index in [0.717, 1.165) is 62.2 Å². The van der Waals surface area contributed by atoms with Crippen LogP contribution in [0.15, 0.2) is 10.6 Å². The highest BCUT2D eigenvalue weighted by molar-refractivity contribution is 7.14. The SMILES string of the molecule is O=C(O)c1cc2c(s1)CCOC21CCN(Cc2noc(C3CCCO3)n2)CC1. The van der Waals surface area contributed by atoms with Gasteiger partial charge in [0.25, 0.3) is 5.89 Å². The third kappa shape index (κ3) is 3.26. The van der Waals surface area contributed by atoms with Crippen molar-refractivity contribution in [3.63, 3.8) is 0 Å². The number of carbonyl (C=O) groups is 1. The normalized spacial score (nSPS) is 24.5. The fraction of sp³-hybridized carbons (Fsp3) is 0.632. The van der Waals surface area contributed by atoms with Gasteiger partial charge in [-0.25, -0.2) is 4.79 Å². The van der Waals surface area contributed by atoms with Crippen molar-refractivity contribution in [2.45, 2.75) is 50.4 Å². The van der Waals surface area contributed by atoms with Crippen molar-refractivity contribution in [3.8, 4) is 0 Å². The summed E-state index contributed by atoms with van der Waals surface area (Å²) in [6, 6.07) is 1.82. The highest BCUT2D eigenvalue weighted by atomic mass is 32.1. The van der Waals surface area contributed by atoms with Crippen LogP contribution in [0.25, 0.3) is 0 Å². The molecule has 3 aliphatic rings. The molecule has 2 fully saturated rings. The first-order valence-corrected chi connectivity index (χ1v) is 10.6. The van der Waals surface area contributed by atoms with Crippen molar-refractivity contribution in [1.82, 2.24) is 15.0 Å². The van der Waals surface area contributed by atoms with Crippen LogP contribution in [-0.2, 0) is 28.0 Å². The molecule has 2 aromatic heterocycles. The molecule has 0 bridgehead atoms. The Labute approximate surface area is 166 Å². The van der Waals surface area contributed by atoms with Crippen LogP contribution in [0.2, 0.25) is 0 Å². The van der Waals surface area contributed by atoms with Gasteiger partial charge in [-0.05, 0) is 37.3 Å². The molecule has 28 heavy (non-hydrogen) atoms. The van der Waals surface area contributed by atoms with Gasteiger partial charge in [0.1, 0.15) is 11.0 Å². The molecule has 5 rings (SSSR count). The van der Waals surface area contributed by atoms with Crippen molar-refractivity contribution in [3.05, 3.63) is 33.1 Å². The smallest absolute Gasteiger partial charge is 0.345 e. The van der Waals surface area contributed by atoms with Crippen LogP contribution < -0.4 is 0 Å². The zero-order chi connectivity index (χ0) is 19.1. The molecule has 5 heterocycles. The van der Waals surface area contributed by atoms with Crippen molar-refractivity contribution < 1.29 is 23.9 Å². The molecule has 1 spiro atoms. The number of fused-ring (bicyclic) bond motifs is 2. The molecular weight excluding hydrogens is 382 g/mol. The maximum absolute atomic E-state index is 11.4. The molecule has 0 radical (unpaired) electrons. The van der Waals surface area contributed by atoms with Gasteiger partial charge in [-0.1, -0.05) is 5.16 Å². The van der Waals surface area contributed by atoms with E-state index in [4.69, 9.17) is 14.0 Å². The van der Waals surface area contributed by atoms with E-state index >= 15 is 0 Å². The van der Waals surface area contributed by atoms with Crippen LogP contribution >= 0.6 is 11.3 Å². The third-order valence-corrected chi connectivity index (χ3v) is 7.12. The van der Waals surface area contributed by atoms with Gasteiger partial charge in [-0.15, -0.1) is 11.3 Å². The Balaban J connectivity index is 1.25. The molecule has 0 saturated carbocycles. The predicted octanol–water partition coefficient (Wildman–Crippen LogP) is 2.74. The summed E-state index contributed by atoms with van der Waals surface area (Å²) >= 11 is 1.39. The number of rotatable bonds is 4. The quantitative estimate of drug-likeness (QED) is 0.829. The van der Waals surface area contributed by atoms with Crippen molar-refractivity contribution in [2.75, 3.05) is 26.3 Å². The van der Waals surface area contributed by atoms with E-state index in [9.17, 15) is 9.90 Å². The van der Waals surface area contributed by atoms with Gasteiger partial charge in [-0.2, -0.15) is 4.98 Å². The lowest BCUT2D eigenvalue weighted by atomic mass is 9.82. The number of likely N-dealkylation sites (tertiary alicyclic amines) is 1. The van der Waals surface area contributed by atoms with Crippen LogP contribution in [0, 0.1) is 0 Å². The molecule has 1 unspecified atom stereocenters. The first-order valence-electron chi connectivity index (χ1n) is 9.80. The van der Waals surface area contributed by atoms with E-state index in [1.54, 1.807) is 0 Å². The highest BCUT2D eigenvalue weighted by Gasteiger charge is 2.42. The third-order valence-electron chi connectivity index (χ3n) is 5.94. The molecule has 0 aliphatic carbocycles. The fourth-order valence-corrected chi connectivity index (χ4v) is 5.51. The second kappa shape index (κ2) is 7.22. The Hall–Kier alpha value is -1.81. The summed E-state index contributed by atoms with van der Waals surface area (Å²) in [5, 5.41) is 13.5. The van der Waals surface area contributed by atoms with E-state index in [1.807, 2.05) is 6.07 Å². The first-order chi connectivity index (χ1) is 13.6. The van der Waals surface area contributed by atoms with E-state index in [1.165, 1.54) is 11.3 Å². The number of hydrogen-bond donors (Lipinski definition) is 1. The van der Waals surface area contributed by atoms with Gasteiger partial charge in [-0.3, -0.25) is 4.90 Å². The Morgan fingerprint density at radius 1 is 1.36 bits per heavy atom. The van der Waals surface area contributed by atoms with E-state index in [0.29, 0.717) is 29.7 Å². The highest BCUT2D eigenvalue weighted by Crippen LogP contribution is 2.44. The van der Waals surface area contributed by atoms with Crippen LogP contribution in [0.3, 0.4) is 0 Å². The van der Waals surface area contributed by atoms with Gasteiger partial charge in [0.15, 0.2) is 5.82 Å². The average molecular weight is 405 g/mol. The minimum atomic E-state index is -0.855. The van der Waals surface area contributed by atoms with Gasteiger partial charge in [0.05, 0.1) is 18.8 Å². The predicted molar refractivity (Wildman–Crippen MR) is 99.3 cm³/mol. The molecule has 2 aromatic rings. The Kier molecular flexibility index (Phi) is 4.70. The molecule has 8 nitrogen and oxygen atoms in total. The standard InChI is InChI=1S/C19H23N3O5S/c23-18(24)15-10-12-14(28-15)3-9-26-19(12)4-6-22(7-5-19)11-16-20-17(27-21-16)13-2-1-8-25-13/h10,13H,1-9,11H2,(H,23,24). The zero-order valence-corrected chi connectivity index (χ0v) is 16.4. The number of aromatic carboxylic acids is 1. The van der Waals surface area contributed by atoms with Gasteiger partial charge >= 0.3 is 5.97 Å². The summed E-state index contributed by atoms with van der Waals surface area (Å²) in [7, 11) is 0. The summed E-state index contributed by atoms with van der Waals surface area (Å²) in [6.45, 7) is 3.75. The summed E-state index contributed by atoms with van der Waals surface area (Å²) in [5.41, 5.74) is 0.731. The van der Waals surface area contributed by atoms with Crippen LogP contribution in [0.1, 0.15) is 63.6 Å². The monoisotopic (exact) mass is 405 g/mol. The van der Waals surface area contributed by atoms with Gasteiger partial charge in [0, 0.05) is 31.0 Å². The molecule has 0 aromatic carbocycles. The molecule has 3 aliphatic heterocycles. The molecule has 9 heteroatoms. The summed E-state index contributed by atoms with van der Waals surface area (Å²) in [4.78, 5) is 19.8. The number of thiophene rings is 1. The Bertz CT molecular complexity index is 865. The lowest BCUT2D eigenvalue weighted by Crippen LogP contribution is -2.46. The molecule has 1 atom stereocenters. The lowest BCUT2D eigenvalue weighted by Gasteiger charge is -2.43. The van der Waals surface area contributed by atoms with Crippen molar-refractivity contribution in [2.24, 2.45) is 0 Å². The molecule has 2 saturated heterocycles. The fourth-order valence-electron chi connectivity index (χ4n) is 4.44. The molecule has 150 valence electrons. The zero-order valence-electron chi connectivity index (χ0n) is 15.6. The number of ether oxygens (including phenoxy) is 2. The molecule has 1 N–H and O–H groups in total. The minimum absolute atomic E-state index is 0.0537. The first kappa shape index (κ1) is 18.2.